The number of rotatable bonds is 7. The van der Waals surface area contributed by atoms with E-state index in [1.165, 1.54) is 0 Å². The van der Waals surface area contributed by atoms with Crippen LogP contribution >= 0.6 is 31.9 Å². The van der Waals surface area contributed by atoms with Gasteiger partial charge in [-0.1, -0.05) is 44.8 Å². The molecule has 0 bridgehead atoms. The van der Waals surface area contributed by atoms with E-state index >= 15 is 0 Å². The number of hydrogen-bond donors (Lipinski definition) is 1. The lowest BCUT2D eigenvalue weighted by molar-refractivity contribution is 0.305. The normalized spacial score (nSPS) is 14.4. The third kappa shape index (κ3) is 7.06. The second-order valence-electron chi connectivity index (χ2n) is 4.18. The average molecular weight is 365 g/mol. The summed E-state index contributed by atoms with van der Waals surface area (Å²) in [7, 11) is 0. The second-order valence-corrected chi connectivity index (χ2v) is 6.66. The third-order valence-electron chi connectivity index (χ3n) is 2.34. The fourth-order valence-corrected chi connectivity index (χ4v) is 2.54. The molecule has 2 nitrogen and oxygen atoms in total. The molecule has 0 aliphatic carbocycles. The maximum atomic E-state index is 5.64. The highest BCUT2D eigenvalue weighted by atomic mass is 79.9. The Labute approximate surface area is 120 Å². The largest absolute Gasteiger partial charge is 0.492 e. The lowest BCUT2D eigenvalue weighted by Crippen LogP contribution is -2.31. The molecule has 1 aromatic carbocycles. The molecule has 0 radical (unpaired) electrons. The van der Waals surface area contributed by atoms with Crippen LogP contribution in [0.1, 0.15) is 20.3 Å². The summed E-state index contributed by atoms with van der Waals surface area (Å²) in [4.78, 5) is 0.552. The highest BCUT2D eigenvalue weighted by Crippen LogP contribution is 2.17. The fourth-order valence-electron chi connectivity index (χ4n) is 1.60. The first-order chi connectivity index (χ1) is 8.08. The number of ether oxygens (including phenoxy) is 1. The topological polar surface area (TPSA) is 21.3 Å². The van der Waals surface area contributed by atoms with Crippen LogP contribution < -0.4 is 10.1 Å². The molecular weight excluding hydrogens is 346 g/mol. The number of hydrogen-bond acceptors (Lipinski definition) is 2. The van der Waals surface area contributed by atoms with Crippen LogP contribution in [0.15, 0.2) is 28.7 Å². The molecule has 0 aromatic heterocycles. The Morgan fingerprint density at radius 1 is 1.35 bits per heavy atom. The Morgan fingerprint density at radius 2 is 2.12 bits per heavy atom. The predicted octanol–water partition coefficient (Wildman–Crippen LogP) is 3.98. The van der Waals surface area contributed by atoms with E-state index in [4.69, 9.17) is 4.74 Å². The molecule has 0 aliphatic heterocycles. The first kappa shape index (κ1) is 15.0. The van der Waals surface area contributed by atoms with Crippen LogP contribution in [0.25, 0.3) is 0 Å². The summed E-state index contributed by atoms with van der Waals surface area (Å²) >= 11 is 6.97. The summed E-state index contributed by atoms with van der Waals surface area (Å²) in [6.45, 7) is 5.91. The van der Waals surface area contributed by atoms with Crippen LogP contribution in [-0.2, 0) is 0 Å². The standard InChI is InChI=1S/C13H19Br2NO/c1-10(14)8-11(2)16-6-7-17-13-5-3-4-12(15)9-13/h3-5,9-11,16H,6-8H2,1-2H3. The molecule has 0 amide bonds. The van der Waals surface area contributed by atoms with Crippen molar-refractivity contribution in [2.45, 2.75) is 31.1 Å². The summed E-state index contributed by atoms with van der Waals surface area (Å²) in [5, 5.41) is 3.43. The van der Waals surface area contributed by atoms with Crippen molar-refractivity contribution in [3.8, 4) is 5.75 Å². The van der Waals surface area contributed by atoms with Gasteiger partial charge in [0.1, 0.15) is 12.4 Å². The first-order valence-electron chi connectivity index (χ1n) is 5.83. The molecule has 96 valence electrons. The SMILES string of the molecule is CC(Br)CC(C)NCCOc1cccc(Br)c1. The van der Waals surface area contributed by atoms with Gasteiger partial charge in [-0.15, -0.1) is 0 Å². The van der Waals surface area contributed by atoms with Crippen LogP contribution in [-0.4, -0.2) is 24.0 Å². The number of benzene rings is 1. The molecule has 0 heterocycles. The van der Waals surface area contributed by atoms with Gasteiger partial charge in [-0.25, -0.2) is 0 Å². The minimum atomic E-state index is 0.510. The van der Waals surface area contributed by atoms with Crippen LogP contribution in [0.2, 0.25) is 0 Å². The summed E-state index contributed by atoms with van der Waals surface area (Å²) in [6.07, 6.45) is 1.12. The van der Waals surface area contributed by atoms with Gasteiger partial charge < -0.3 is 10.1 Å². The molecule has 17 heavy (non-hydrogen) atoms. The molecular formula is C13H19Br2NO. The van der Waals surface area contributed by atoms with Crippen LogP contribution in [0.3, 0.4) is 0 Å². The van der Waals surface area contributed by atoms with Crippen LogP contribution in [0.5, 0.6) is 5.75 Å². The maximum absolute atomic E-state index is 5.64. The molecule has 0 fully saturated rings. The van der Waals surface area contributed by atoms with Gasteiger partial charge in [0.2, 0.25) is 0 Å². The molecule has 1 aromatic rings. The molecule has 1 rings (SSSR count). The molecule has 0 aliphatic rings. The minimum absolute atomic E-state index is 0.510. The minimum Gasteiger partial charge on any atom is -0.492 e. The maximum Gasteiger partial charge on any atom is 0.120 e. The van der Waals surface area contributed by atoms with Crippen molar-refractivity contribution in [3.63, 3.8) is 0 Å². The van der Waals surface area contributed by atoms with Crippen LogP contribution in [0, 0.1) is 0 Å². The average Bonchev–Trinajstić information content (AvgIpc) is 2.23. The van der Waals surface area contributed by atoms with Crippen molar-refractivity contribution in [1.82, 2.24) is 5.32 Å². The molecule has 4 heteroatoms. The Balaban J connectivity index is 2.16. The van der Waals surface area contributed by atoms with E-state index < -0.39 is 0 Å². The van der Waals surface area contributed by atoms with E-state index in [-0.39, 0.29) is 0 Å². The predicted molar refractivity (Wildman–Crippen MR) is 80.1 cm³/mol. The lowest BCUT2D eigenvalue weighted by atomic mass is 10.2. The van der Waals surface area contributed by atoms with Crippen molar-refractivity contribution in [2.75, 3.05) is 13.2 Å². The Morgan fingerprint density at radius 3 is 2.76 bits per heavy atom. The molecule has 2 unspecified atom stereocenters. The van der Waals surface area contributed by atoms with E-state index in [1.54, 1.807) is 0 Å². The Kier molecular flexibility index (Phi) is 7.16. The van der Waals surface area contributed by atoms with E-state index in [0.717, 1.165) is 23.2 Å². The summed E-state index contributed by atoms with van der Waals surface area (Å²) in [6, 6.07) is 8.42. The van der Waals surface area contributed by atoms with Gasteiger partial charge in [0.25, 0.3) is 0 Å². The van der Waals surface area contributed by atoms with Crippen LogP contribution in [0.4, 0.5) is 0 Å². The highest BCUT2D eigenvalue weighted by molar-refractivity contribution is 9.10. The van der Waals surface area contributed by atoms with Gasteiger partial charge in [0, 0.05) is 21.9 Å². The van der Waals surface area contributed by atoms with Crippen molar-refractivity contribution >= 4 is 31.9 Å². The van der Waals surface area contributed by atoms with E-state index in [1.807, 2.05) is 24.3 Å². The number of alkyl halides is 1. The van der Waals surface area contributed by atoms with Gasteiger partial charge in [-0.2, -0.15) is 0 Å². The summed E-state index contributed by atoms with van der Waals surface area (Å²) < 4.78 is 6.68. The van der Waals surface area contributed by atoms with Gasteiger partial charge in [0.15, 0.2) is 0 Å². The van der Waals surface area contributed by atoms with Crippen molar-refractivity contribution < 1.29 is 4.74 Å². The molecule has 1 N–H and O–H groups in total. The zero-order chi connectivity index (χ0) is 12.7. The van der Waals surface area contributed by atoms with Gasteiger partial charge in [0.05, 0.1) is 0 Å². The monoisotopic (exact) mass is 363 g/mol. The first-order valence-corrected chi connectivity index (χ1v) is 7.54. The summed E-state index contributed by atoms with van der Waals surface area (Å²) in [5.41, 5.74) is 0. The third-order valence-corrected chi connectivity index (χ3v) is 3.21. The molecule has 0 saturated carbocycles. The second kappa shape index (κ2) is 8.11. The zero-order valence-corrected chi connectivity index (χ0v) is 13.4. The van der Waals surface area contributed by atoms with Gasteiger partial charge in [-0.3, -0.25) is 0 Å². The zero-order valence-electron chi connectivity index (χ0n) is 10.2. The quantitative estimate of drug-likeness (QED) is 0.583. The smallest absolute Gasteiger partial charge is 0.120 e. The fraction of sp³-hybridized carbons (Fsp3) is 0.538. The number of nitrogens with one attached hydrogen (secondary N) is 1. The number of halogens is 2. The van der Waals surface area contributed by atoms with Crippen molar-refractivity contribution in [1.29, 1.82) is 0 Å². The van der Waals surface area contributed by atoms with E-state index in [9.17, 15) is 0 Å². The Bertz CT molecular complexity index is 331. The van der Waals surface area contributed by atoms with Crippen molar-refractivity contribution in [3.05, 3.63) is 28.7 Å². The van der Waals surface area contributed by atoms with Gasteiger partial charge >= 0.3 is 0 Å². The molecule has 0 saturated heterocycles. The lowest BCUT2D eigenvalue weighted by Gasteiger charge is -2.15. The van der Waals surface area contributed by atoms with E-state index in [2.05, 4.69) is 51.0 Å². The summed E-state index contributed by atoms with van der Waals surface area (Å²) in [5.74, 6) is 0.905. The molecule has 0 spiro atoms. The molecule has 2 atom stereocenters. The Hall–Kier alpha value is -0.0600. The van der Waals surface area contributed by atoms with E-state index in [0.29, 0.717) is 17.5 Å². The highest BCUT2D eigenvalue weighted by Gasteiger charge is 2.04. The van der Waals surface area contributed by atoms with Crippen molar-refractivity contribution in [2.24, 2.45) is 0 Å². The van der Waals surface area contributed by atoms with Gasteiger partial charge in [-0.05, 0) is 31.5 Å².